The molecule has 1 aromatic carbocycles. The SMILES string of the molecule is CN(C)CCOC(=O)c1ccc(O)c2c1CC1CC3C(C(=O)C(C(N)=O)=C(O)[C@H]3N(C)C)C(=O)C1=C2O. The van der Waals surface area contributed by atoms with Crippen LogP contribution in [0.5, 0.6) is 5.75 Å². The van der Waals surface area contributed by atoms with Crippen LogP contribution in [0.3, 0.4) is 0 Å². The summed E-state index contributed by atoms with van der Waals surface area (Å²) in [7, 11) is 6.97. The Hall–Kier alpha value is -3.70. The third-order valence-corrected chi connectivity index (χ3v) is 7.44. The molecule has 198 valence electrons. The van der Waals surface area contributed by atoms with Crippen molar-refractivity contribution < 1.29 is 39.2 Å². The van der Waals surface area contributed by atoms with Gasteiger partial charge in [-0.1, -0.05) is 0 Å². The predicted octanol–water partition coefficient (Wildman–Crippen LogP) is 0.568. The summed E-state index contributed by atoms with van der Waals surface area (Å²) in [4.78, 5) is 55.3. The fourth-order valence-corrected chi connectivity index (χ4v) is 5.86. The molecule has 0 aromatic heterocycles. The molecule has 0 spiro atoms. The van der Waals surface area contributed by atoms with E-state index in [9.17, 15) is 34.5 Å². The Kier molecular flexibility index (Phi) is 6.87. The van der Waals surface area contributed by atoms with Crippen LogP contribution in [0.15, 0.2) is 29.0 Å². The number of carbonyl (C=O) groups excluding carboxylic acids is 4. The van der Waals surface area contributed by atoms with Crippen molar-refractivity contribution in [1.29, 1.82) is 0 Å². The Morgan fingerprint density at radius 3 is 2.35 bits per heavy atom. The number of primary amides is 1. The molecule has 11 nitrogen and oxygen atoms in total. The van der Waals surface area contributed by atoms with E-state index in [1.807, 2.05) is 19.0 Å². The van der Waals surface area contributed by atoms with Gasteiger partial charge in [0.25, 0.3) is 5.91 Å². The molecule has 4 atom stereocenters. The zero-order valence-electron chi connectivity index (χ0n) is 21.1. The number of rotatable bonds is 6. The molecule has 4 rings (SSSR count). The summed E-state index contributed by atoms with van der Waals surface area (Å²) in [6.45, 7) is 0.645. The fraction of sp³-hybridized carbons (Fsp3) is 0.462. The average molecular weight is 514 g/mol. The number of amides is 1. The number of hydrogen-bond donors (Lipinski definition) is 4. The number of nitrogens with two attached hydrogens (primary N) is 1. The fourth-order valence-electron chi connectivity index (χ4n) is 5.86. The second-order valence-electron chi connectivity index (χ2n) is 10.2. The van der Waals surface area contributed by atoms with Gasteiger partial charge in [0.2, 0.25) is 0 Å². The topological polar surface area (TPSA) is 171 Å². The summed E-state index contributed by atoms with van der Waals surface area (Å²) < 4.78 is 5.37. The molecule has 11 heteroatoms. The molecule has 5 N–H and O–H groups in total. The number of ether oxygens (including phenoxy) is 1. The first-order valence-corrected chi connectivity index (χ1v) is 11.9. The first-order valence-electron chi connectivity index (χ1n) is 11.9. The highest BCUT2D eigenvalue weighted by atomic mass is 16.5. The first kappa shape index (κ1) is 26.4. The van der Waals surface area contributed by atoms with Crippen molar-refractivity contribution in [3.05, 3.63) is 45.7 Å². The molecule has 1 aromatic rings. The zero-order valence-corrected chi connectivity index (χ0v) is 21.1. The number of likely N-dealkylation sites (N-methyl/N-ethyl adjacent to an activating group) is 2. The minimum absolute atomic E-state index is 0.0433. The number of aliphatic hydroxyl groups is 2. The number of hydrogen-bond acceptors (Lipinski definition) is 10. The lowest BCUT2D eigenvalue weighted by Crippen LogP contribution is -2.55. The molecule has 1 fully saturated rings. The standard InChI is InChI=1S/C26H31N3O8/c1-28(2)7-8-37-26(36)12-5-6-15(30)17-13(12)9-11-10-14-18(22(32)16(11)21(17)31)23(33)19(25(27)35)24(34)20(14)29(3)4/h5-6,11,14,18,20,30-31,34H,7-10H2,1-4H3,(H2,27,35)/t11?,14?,18?,20-/m0/s1. The summed E-state index contributed by atoms with van der Waals surface area (Å²) >= 11 is 0. The normalized spacial score (nSPS) is 25.2. The van der Waals surface area contributed by atoms with E-state index in [0.717, 1.165) is 0 Å². The second-order valence-corrected chi connectivity index (χ2v) is 10.2. The van der Waals surface area contributed by atoms with E-state index in [4.69, 9.17) is 10.5 Å². The number of fused-ring (bicyclic) bond motifs is 3. The van der Waals surface area contributed by atoms with Crippen LogP contribution in [-0.2, 0) is 25.5 Å². The lowest BCUT2D eigenvalue weighted by atomic mass is 9.59. The van der Waals surface area contributed by atoms with E-state index in [1.54, 1.807) is 19.0 Å². The van der Waals surface area contributed by atoms with Gasteiger partial charge in [0.05, 0.1) is 23.1 Å². The Morgan fingerprint density at radius 2 is 1.76 bits per heavy atom. The summed E-state index contributed by atoms with van der Waals surface area (Å²) in [5.74, 6) is -7.28. The van der Waals surface area contributed by atoms with E-state index >= 15 is 0 Å². The molecular weight excluding hydrogens is 482 g/mol. The van der Waals surface area contributed by atoms with E-state index in [0.29, 0.717) is 12.1 Å². The molecule has 1 amide bonds. The van der Waals surface area contributed by atoms with Crippen molar-refractivity contribution in [3.63, 3.8) is 0 Å². The van der Waals surface area contributed by atoms with Crippen LogP contribution < -0.4 is 5.73 Å². The molecule has 0 aliphatic heterocycles. The minimum atomic E-state index is -1.33. The van der Waals surface area contributed by atoms with Gasteiger partial charge in [-0.25, -0.2) is 4.79 Å². The number of aliphatic hydroxyl groups excluding tert-OH is 2. The second kappa shape index (κ2) is 9.64. The highest BCUT2D eigenvalue weighted by Crippen LogP contribution is 2.50. The van der Waals surface area contributed by atoms with Gasteiger partial charge >= 0.3 is 5.97 Å². The van der Waals surface area contributed by atoms with E-state index in [1.165, 1.54) is 12.1 Å². The molecule has 3 unspecified atom stereocenters. The lowest BCUT2D eigenvalue weighted by molar-refractivity contribution is -0.136. The van der Waals surface area contributed by atoms with Gasteiger partial charge in [0, 0.05) is 12.1 Å². The smallest absolute Gasteiger partial charge is 0.338 e. The van der Waals surface area contributed by atoms with Gasteiger partial charge < -0.3 is 30.7 Å². The van der Waals surface area contributed by atoms with Crippen molar-refractivity contribution in [2.24, 2.45) is 23.5 Å². The first-order chi connectivity index (χ1) is 17.4. The predicted molar refractivity (Wildman–Crippen MR) is 132 cm³/mol. The average Bonchev–Trinajstić information content (AvgIpc) is 2.77. The number of ketones is 2. The van der Waals surface area contributed by atoms with Crippen LogP contribution in [0.4, 0.5) is 0 Å². The highest BCUT2D eigenvalue weighted by Gasteiger charge is 2.55. The van der Waals surface area contributed by atoms with Gasteiger partial charge in [-0.05, 0) is 70.6 Å². The summed E-state index contributed by atoms with van der Waals surface area (Å²) in [6.07, 6.45) is 0.322. The quantitative estimate of drug-likeness (QED) is 0.239. The maximum Gasteiger partial charge on any atom is 0.338 e. The molecule has 3 aliphatic carbocycles. The molecule has 0 saturated heterocycles. The molecule has 0 bridgehead atoms. The maximum absolute atomic E-state index is 13.7. The Bertz CT molecular complexity index is 1260. The molecule has 3 aliphatic rings. The number of aromatic hydroxyl groups is 1. The van der Waals surface area contributed by atoms with Crippen molar-refractivity contribution in [2.45, 2.75) is 18.9 Å². The van der Waals surface area contributed by atoms with Crippen LogP contribution in [0, 0.1) is 17.8 Å². The van der Waals surface area contributed by atoms with Gasteiger partial charge in [0.1, 0.15) is 29.4 Å². The van der Waals surface area contributed by atoms with Crippen LogP contribution in [0.25, 0.3) is 5.76 Å². The monoisotopic (exact) mass is 513 g/mol. The summed E-state index contributed by atoms with van der Waals surface area (Å²) in [5, 5.41) is 32.6. The Balaban J connectivity index is 1.80. The number of benzene rings is 1. The third kappa shape index (κ3) is 4.27. The van der Waals surface area contributed by atoms with Crippen LogP contribution in [-0.4, -0.2) is 95.9 Å². The third-order valence-electron chi connectivity index (χ3n) is 7.44. The Morgan fingerprint density at radius 1 is 1.08 bits per heavy atom. The molecular formula is C26H31N3O8. The number of phenols is 1. The zero-order chi connectivity index (χ0) is 27.3. The van der Waals surface area contributed by atoms with Crippen LogP contribution >= 0.6 is 0 Å². The Labute approximate surface area is 213 Å². The van der Waals surface area contributed by atoms with Crippen LogP contribution in [0.2, 0.25) is 0 Å². The van der Waals surface area contributed by atoms with Gasteiger partial charge in [-0.2, -0.15) is 0 Å². The highest BCUT2D eigenvalue weighted by molar-refractivity contribution is 6.28. The van der Waals surface area contributed by atoms with Gasteiger partial charge in [-0.3, -0.25) is 19.3 Å². The molecule has 0 radical (unpaired) electrons. The van der Waals surface area contributed by atoms with E-state index < -0.39 is 64.3 Å². The molecule has 1 saturated carbocycles. The van der Waals surface area contributed by atoms with E-state index in [-0.39, 0.29) is 41.9 Å². The number of esters is 1. The number of nitrogens with zero attached hydrogens (tertiary/aromatic N) is 2. The number of carbonyl (C=O) groups is 4. The van der Waals surface area contributed by atoms with Crippen molar-refractivity contribution >= 4 is 29.2 Å². The van der Waals surface area contributed by atoms with Gasteiger partial charge in [0.15, 0.2) is 11.6 Å². The molecule has 0 heterocycles. The minimum Gasteiger partial charge on any atom is -0.510 e. The lowest BCUT2D eigenvalue weighted by Gasteiger charge is -2.46. The van der Waals surface area contributed by atoms with Crippen molar-refractivity contribution in [3.8, 4) is 5.75 Å². The summed E-state index contributed by atoms with van der Waals surface area (Å²) in [6, 6.07) is 1.83. The largest absolute Gasteiger partial charge is 0.510 e. The van der Waals surface area contributed by atoms with Crippen LogP contribution in [0.1, 0.15) is 27.9 Å². The van der Waals surface area contributed by atoms with Crippen molar-refractivity contribution in [1.82, 2.24) is 9.80 Å². The van der Waals surface area contributed by atoms with E-state index in [2.05, 4.69) is 0 Å². The molecule has 37 heavy (non-hydrogen) atoms. The van der Waals surface area contributed by atoms with Gasteiger partial charge in [-0.15, -0.1) is 0 Å². The number of Topliss-reactive ketones (excluding diaryl/α,β-unsaturated/α-hetero) is 2. The summed E-state index contributed by atoms with van der Waals surface area (Å²) in [5.41, 5.74) is 5.16. The van der Waals surface area contributed by atoms with Crippen molar-refractivity contribution in [2.75, 3.05) is 41.3 Å². The maximum atomic E-state index is 13.7. The number of phenolic OH excluding ortho intramolecular Hbond substituents is 1. The number of allylic oxidation sites excluding steroid dienone is 1.